The predicted molar refractivity (Wildman–Crippen MR) is 102 cm³/mol. The van der Waals surface area contributed by atoms with Gasteiger partial charge in [0.1, 0.15) is 12.5 Å². The molecule has 0 saturated carbocycles. The van der Waals surface area contributed by atoms with E-state index >= 15 is 0 Å². The highest BCUT2D eigenvalue weighted by molar-refractivity contribution is 6.35. The normalized spacial score (nSPS) is 14.5. The summed E-state index contributed by atoms with van der Waals surface area (Å²) >= 11 is 12.0. The van der Waals surface area contributed by atoms with E-state index in [-0.39, 0.29) is 17.8 Å². The Morgan fingerprint density at radius 3 is 2.00 bits per heavy atom. The molecular formula is C19H19Cl2NO6. The molecule has 1 N–H and O–H groups in total. The molecule has 1 aliphatic rings. The molecule has 0 unspecified atom stereocenters. The molecule has 0 spiro atoms. The van der Waals surface area contributed by atoms with Gasteiger partial charge in [0, 0.05) is 27.0 Å². The third kappa shape index (κ3) is 4.48. The van der Waals surface area contributed by atoms with Crippen LogP contribution in [0.25, 0.3) is 0 Å². The maximum absolute atomic E-state index is 12.9. The van der Waals surface area contributed by atoms with Crippen LogP contribution in [0.15, 0.2) is 40.7 Å². The minimum absolute atomic E-state index is 0.0271. The lowest BCUT2D eigenvalue weighted by molar-refractivity contribution is -0.152. The van der Waals surface area contributed by atoms with E-state index in [9.17, 15) is 14.4 Å². The Morgan fingerprint density at radius 1 is 1.00 bits per heavy atom. The van der Waals surface area contributed by atoms with E-state index in [1.807, 2.05) is 0 Å². The minimum atomic E-state index is -1.30. The summed E-state index contributed by atoms with van der Waals surface area (Å²) in [5.41, 5.74) is 1.22. The minimum Gasteiger partial charge on any atom is -0.466 e. The van der Waals surface area contributed by atoms with Crippen LogP contribution in [0.2, 0.25) is 10.0 Å². The number of hydrogen-bond donors (Lipinski definition) is 1. The summed E-state index contributed by atoms with van der Waals surface area (Å²) in [5.74, 6) is -3.63. The zero-order valence-electron chi connectivity index (χ0n) is 15.7. The molecule has 1 aromatic carbocycles. The summed E-state index contributed by atoms with van der Waals surface area (Å²) < 4.78 is 14.9. The lowest BCUT2D eigenvalue weighted by atomic mass is 9.85. The fraction of sp³-hybridized carbons (Fsp3) is 0.316. The zero-order chi connectivity index (χ0) is 21.0. The zero-order valence-corrected chi connectivity index (χ0v) is 17.2. The van der Waals surface area contributed by atoms with Gasteiger partial charge in [-0.25, -0.2) is 9.59 Å². The number of allylic oxidation sites excluding steroid dienone is 2. The van der Waals surface area contributed by atoms with Gasteiger partial charge in [-0.1, -0.05) is 29.3 Å². The van der Waals surface area contributed by atoms with Crippen LogP contribution in [0.5, 0.6) is 0 Å². The summed E-state index contributed by atoms with van der Waals surface area (Å²) in [4.78, 5) is 37.5. The molecule has 0 aliphatic carbocycles. The van der Waals surface area contributed by atoms with Crippen molar-refractivity contribution < 1.29 is 28.6 Å². The number of methoxy groups -OCH3 is 2. The highest BCUT2D eigenvalue weighted by Crippen LogP contribution is 2.33. The Balaban J connectivity index is 2.38. The second-order valence-corrected chi connectivity index (χ2v) is 6.81. The number of nitrogens with one attached hydrogen (secondary N) is 1. The number of carbonyl (C=O) groups is 3. The first-order valence-corrected chi connectivity index (χ1v) is 8.92. The molecule has 1 heterocycles. The van der Waals surface area contributed by atoms with Gasteiger partial charge in [-0.05, 0) is 26.0 Å². The number of dihydropyridines is 1. The third-order valence-electron chi connectivity index (χ3n) is 4.19. The van der Waals surface area contributed by atoms with Gasteiger partial charge in [-0.15, -0.1) is 0 Å². The largest absolute Gasteiger partial charge is 0.466 e. The molecule has 0 radical (unpaired) electrons. The Kier molecular flexibility index (Phi) is 7.10. The standard InChI is InChI=1S/C19H19Cl2NO6/c1-9-14(17(23)26-3)16(15(10(2)22-9)18(24)27-4)19(25)28-8-11-5-6-12(20)7-13(11)21/h5-7,16,22H,8H2,1-4H3. The fourth-order valence-corrected chi connectivity index (χ4v) is 3.32. The van der Waals surface area contributed by atoms with Crippen molar-refractivity contribution in [2.75, 3.05) is 14.2 Å². The Hall–Kier alpha value is -2.51. The second kappa shape index (κ2) is 9.12. The van der Waals surface area contributed by atoms with Gasteiger partial charge in [0.05, 0.1) is 25.4 Å². The van der Waals surface area contributed by atoms with Crippen LogP contribution < -0.4 is 5.32 Å². The van der Waals surface area contributed by atoms with E-state index in [1.165, 1.54) is 20.3 Å². The van der Waals surface area contributed by atoms with Crippen molar-refractivity contribution in [3.63, 3.8) is 0 Å². The van der Waals surface area contributed by atoms with Crippen LogP contribution >= 0.6 is 23.2 Å². The summed E-state index contributed by atoms with van der Waals surface area (Å²) in [6.45, 7) is 3.03. The van der Waals surface area contributed by atoms with E-state index in [0.29, 0.717) is 27.0 Å². The monoisotopic (exact) mass is 427 g/mol. The summed E-state index contributed by atoms with van der Waals surface area (Å²) in [6, 6.07) is 4.74. The van der Waals surface area contributed by atoms with E-state index < -0.39 is 23.8 Å². The van der Waals surface area contributed by atoms with Crippen LogP contribution in [0.4, 0.5) is 0 Å². The number of hydrogen-bond acceptors (Lipinski definition) is 7. The van der Waals surface area contributed by atoms with Gasteiger partial charge in [-0.3, -0.25) is 4.79 Å². The Labute approximate surface area is 172 Å². The summed E-state index contributed by atoms with van der Waals surface area (Å²) in [6.07, 6.45) is 0. The van der Waals surface area contributed by atoms with Crippen molar-refractivity contribution >= 4 is 41.1 Å². The first-order chi connectivity index (χ1) is 13.2. The van der Waals surface area contributed by atoms with Crippen molar-refractivity contribution in [1.29, 1.82) is 0 Å². The first-order valence-electron chi connectivity index (χ1n) is 8.17. The second-order valence-electron chi connectivity index (χ2n) is 5.96. The molecule has 1 aliphatic heterocycles. The van der Waals surface area contributed by atoms with Crippen molar-refractivity contribution in [3.05, 3.63) is 56.3 Å². The van der Waals surface area contributed by atoms with Crippen molar-refractivity contribution in [3.8, 4) is 0 Å². The number of rotatable bonds is 5. The highest BCUT2D eigenvalue weighted by atomic mass is 35.5. The van der Waals surface area contributed by atoms with Gasteiger partial charge in [-0.2, -0.15) is 0 Å². The lowest BCUT2D eigenvalue weighted by Gasteiger charge is -2.28. The fourth-order valence-electron chi connectivity index (χ4n) is 2.86. The lowest BCUT2D eigenvalue weighted by Crippen LogP contribution is -2.37. The van der Waals surface area contributed by atoms with Crippen molar-refractivity contribution in [2.45, 2.75) is 20.5 Å². The molecule has 2 rings (SSSR count). The molecule has 0 amide bonds. The average molecular weight is 428 g/mol. The maximum atomic E-state index is 12.9. The molecule has 0 aromatic heterocycles. The molecule has 28 heavy (non-hydrogen) atoms. The Bertz CT molecular complexity index is 852. The van der Waals surface area contributed by atoms with E-state index in [4.69, 9.17) is 37.4 Å². The van der Waals surface area contributed by atoms with Crippen LogP contribution in [-0.4, -0.2) is 32.1 Å². The van der Waals surface area contributed by atoms with Gasteiger partial charge in [0.2, 0.25) is 0 Å². The van der Waals surface area contributed by atoms with Gasteiger partial charge < -0.3 is 19.5 Å². The van der Waals surface area contributed by atoms with Crippen molar-refractivity contribution in [1.82, 2.24) is 5.32 Å². The number of esters is 3. The molecular weight excluding hydrogens is 409 g/mol. The number of halogens is 2. The smallest absolute Gasteiger partial charge is 0.336 e. The quantitative estimate of drug-likeness (QED) is 0.569. The van der Waals surface area contributed by atoms with Crippen LogP contribution in [0.1, 0.15) is 19.4 Å². The predicted octanol–water partition coefficient (Wildman–Crippen LogP) is 3.15. The maximum Gasteiger partial charge on any atom is 0.336 e. The number of ether oxygens (including phenoxy) is 3. The third-order valence-corrected chi connectivity index (χ3v) is 4.78. The number of benzene rings is 1. The van der Waals surface area contributed by atoms with E-state index in [0.717, 1.165) is 0 Å². The molecule has 1 aromatic rings. The van der Waals surface area contributed by atoms with Crippen LogP contribution in [0.3, 0.4) is 0 Å². The average Bonchev–Trinajstić information content (AvgIpc) is 2.65. The summed E-state index contributed by atoms with van der Waals surface area (Å²) in [7, 11) is 2.36. The molecule has 7 nitrogen and oxygen atoms in total. The molecule has 0 bridgehead atoms. The van der Waals surface area contributed by atoms with E-state index in [2.05, 4.69) is 5.32 Å². The topological polar surface area (TPSA) is 90.9 Å². The van der Waals surface area contributed by atoms with Crippen LogP contribution in [0, 0.1) is 5.92 Å². The van der Waals surface area contributed by atoms with Crippen molar-refractivity contribution in [2.24, 2.45) is 5.92 Å². The van der Waals surface area contributed by atoms with Crippen LogP contribution in [-0.2, 0) is 35.2 Å². The molecule has 150 valence electrons. The van der Waals surface area contributed by atoms with Gasteiger partial charge >= 0.3 is 17.9 Å². The summed E-state index contributed by atoms with van der Waals surface area (Å²) in [5, 5.41) is 3.66. The molecule has 0 fully saturated rings. The van der Waals surface area contributed by atoms with Gasteiger partial charge in [0.25, 0.3) is 0 Å². The Morgan fingerprint density at radius 2 is 1.54 bits per heavy atom. The molecule has 9 heteroatoms. The van der Waals surface area contributed by atoms with Gasteiger partial charge in [0.15, 0.2) is 0 Å². The highest BCUT2D eigenvalue weighted by Gasteiger charge is 2.42. The molecule has 0 saturated heterocycles. The first kappa shape index (κ1) is 21.8. The SMILES string of the molecule is COC(=O)C1=C(C)NC(C)=C(C(=O)OC)C1C(=O)OCc1ccc(Cl)cc1Cl. The molecule has 0 atom stereocenters. The van der Waals surface area contributed by atoms with E-state index in [1.54, 1.807) is 26.0 Å². The number of carbonyl (C=O) groups excluding carboxylic acids is 3.